The molecule has 3 rings (SSSR count). The monoisotopic (exact) mass is 275 g/mol. The molecule has 1 aromatic heterocycles. The number of pyridine rings is 1. The number of rotatable bonds is 4. The summed E-state index contributed by atoms with van der Waals surface area (Å²) in [6, 6.07) is 22.6. The molecule has 0 saturated heterocycles. The first-order valence-corrected chi connectivity index (χ1v) is 6.90. The Kier molecular flexibility index (Phi) is 3.83. The van der Waals surface area contributed by atoms with Gasteiger partial charge < -0.3 is 11.1 Å². The summed E-state index contributed by atoms with van der Waals surface area (Å²) in [6.45, 7) is 0. The molecule has 0 atom stereocenters. The van der Waals surface area contributed by atoms with E-state index < -0.39 is 0 Å². The van der Waals surface area contributed by atoms with Crippen molar-refractivity contribution >= 4 is 11.4 Å². The van der Waals surface area contributed by atoms with Gasteiger partial charge in [0.25, 0.3) is 0 Å². The highest BCUT2D eigenvalue weighted by Gasteiger charge is 2.13. The van der Waals surface area contributed by atoms with Crippen LogP contribution in [0.25, 0.3) is 0 Å². The molecule has 2 aromatic carbocycles. The quantitative estimate of drug-likeness (QED) is 0.760. The first kappa shape index (κ1) is 13.2. The van der Waals surface area contributed by atoms with Gasteiger partial charge in [-0.1, -0.05) is 60.7 Å². The Morgan fingerprint density at radius 1 is 0.810 bits per heavy atom. The summed E-state index contributed by atoms with van der Waals surface area (Å²) >= 11 is 0. The zero-order valence-corrected chi connectivity index (χ0v) is 11.6. The van der Waals surface area contributed by atoms with E-state index in [1.165, 1.54) is 11.1 Å². The molecule has 1 heterocycles. The summed E-state index contributed by atoms with van der Waals surface area (Å²) < 4.78 is 0. The Bertz CT molecular complexity index is 656. The van der Waals surface area contributed by atoms with Crippen LogP contribution in [-0.4, -0.2) is 4.98 Å². The number of nitrogens with zero attached hydrogens (tertiary/aromatic N) is 1. The van der Waals surface area contributed by atoms with Gasteiger partial charge in [0.2, 0.25) is 0 Å². The average molecular weight is 275 g/mol. The lowest BCUT2D eigenvalue weighted by molar-refractivity contribution is 0.937. The molecule has 0 amide bonds. The van der Waals surface area contributed by atoms with Crippen LogP contribution in [0.4, 0.5) is 11.4 Å². The minimum Gasteiger partial charge on any atom is -0.397 e. The van der Waals surface area contributed by atoms with Gasteiger partial charge in [0.1, 0.15) is 0 Å². The topological polar surface area (TPSA) is 50.9 Å². The highest BCUT2D eigenvalue weighted by molar-refractivity contribution is 5.54. The van der Waals surface area contributed by atoms with Gasteiger partial charge in [-0.3, -0.25) is 4.98 Å². The van der Waals surface area contributed by atoms with E-state index in [1.54, 1.807) is 12.4 Å². The van der Waals surface area contributed by atoms with Gasteiger partial charge in [-0.15, -0.1) is 0 Å². The predicted molar refractivity (Wildman–Crippen MR) is 87.0 cm³/mol. The molecule has 0 aliphatic rings. The lowest BCUT2D eigenvalue weighted by Gasteiger charge is -2.21. The van der Waals surface area contributed by atoms with Crippen LogP contribution in [0.3, 0.4) is 0 Å². The fourth-order valence-electron chi connectivity index (χ4n) is 2.35. The summed E-state index contributed by atoms with van der Waals surface area (Å²) in [5.41, 5.74) is 9.77. The maximum absolute atomic E-state index is 5.81. The fourth-order valence-corrected chi connectivity index (χ4v) is 2.35. The third-order valence-corrected chi connectivity index (χ3v) is 3.34. The molecular formula is C18H17N3. The fraction of sp³-hybridized carbons (Fsp3) is 0.0556. The Labute approximate surface area is 124 Å². The van der Waals surface area contributed by atoms with Crippen molar-refractivity contribution in [2.45, 2.75) is 6.04 Å². The zero-order chi connectivity index (χ0) is 14.5. The molecule has 0 aliphatic heterocycles. The minimum atomic E-state index is 0.0657. The maximum Gasteiger partial charge on any atom is 0.0768 e. The van der Waals surface area contributed by atoms with Crippen molar-refractivity contribution in [3.63, 3.8) is 0 Å². The van der Waals surface area contributed by atoms with Crippen LogP contribution in [0.5, 0.6) is 0 Å². The van der Waals surface area contributed by atoms with Gasteiger partial charge in [-0.25, -0.2) is 0 Å². The van der Waals surface area contributed by atoms with Crippen LogP contribution in [0.2, 0.25) is 0 Å². The summed E-state index contributed by atoms with van der Waals surface area (Å²) in [6.07, 6.45) is 3.43. The summed E-state index contributed by atoms with van der Waals surface area (Å²) in [5, 5.41) is 3.51. The number of anilines is 2. The van der Waals surface area contributed by atoms with Crippen molar-refractivity contribution < 1.29 is 0 Å². The van der Waals surface area contributed by atoms with E-state index in [9.17, 15) is 0 Å². The molecule has 3 N–H and O–H groups in total. The SMILES string of the molecule is Nc1cncc(NC(c2ccccc2)c2ccccc2)c1. The van der Waals surface area contributed by atoms with E-state index in [0.717, 1.165) is 5.69 Å². The highest BCUT2D eigenvalue weighted by Crippen LogP contribution is 2.26. The molecule has 0 unspecified atom stereocenters. The molecule has 0 bridgehead atoms. The summed E-state index contributed by atoms with van der Waals surface area (Å²) in [5.74, 6) is 0. The van der Waals surface area contributed by atoms with Crippen molar-refractivity contribution in [2.75, 3.05) is 11.1 Å². The van der Waals surface area contributed by atoms with E-state index in [1.807, 2.05) is 42.5 Å². The van der Waals surface area contributed by atoms with E-state index in [4.69, 9.17) is 5.73 Å². The lowest BCUT2D eigenvalue weighted by atomic mass is 9.98. The molecule has 0 spiro atoms. The van der Waals surface area contributed by atoms with Gasteiger partial charge in [-0.05, 0) is 17.2 Å². The standard InChI is InChI=1S/C18H17N3/c19-16-11-17(13-20-12-16)21-18(14-7-3-1-4-8-14)15-9-5-2-6-10-15/h1-13,18,21H,19H2. The number of nitrogens with two attached hydrogens (primary N) is 1. The second-order valence-corrected chi connectivity index (χ2v) is 4.91. The number of hydrogen-bond donors (Lipinski definition) is 2. The number of hydrogen-bond acceptors (Lipinski definition) is 3. The molecular weight excluding hydrogens is 258 g/mol. The number of nitrogen functional groups attached to an aromatic ring is 1. The Balaban J connectivity index is 1.97. The summed E-state index contributed by atoms with van der Waals surface area (Å²) in [4.78, 5) is 4.14. The Morgan fingerprint density at radius 3 is 1.90 bits per heavy atom. The Hall–Kier alpha value is -2.81. The maximum atomic E-state index is 5.81. The summed E-state index contributed by atoms with van der Waals surface area (Å²) in [7, 11) is 0. The second-order valence-electron chi connectivity index (χ2n) is 4.91. The first-order chi connectivity index (χ1) is 10.3. The van der Waals surface area contributed by atoms with Crippen LogP contribution >= 0.6 is 0 Å². The number of benzene rings is 2. The van der Waals surface area contributed by atoms with Gasteiger partial charge in [-0.2, -0.15) is 0 Å². The van der Waals surface area contributed by atoms with E-state index in [-0.39, 0.29) is 6.04 Å². The van der Waals surface area contributed by atoms with Crippen molar-refractivity contribution in [2.24, 2.45) is 0 Å². The predicted octanol–water partition coefficient (Wildman–Crippen LogP) is 3.87. The normalized spacial score (nSPS) is 10.5. The van der Waals surface area contributed by atoms with Crippen molar-refractivity contribution in [3.05, 3.63) is 90.3 Å². The third kappa shape index (κ3) is 3.20. The molecule has 0 saturated carbocycles. The van der Waals surface area contributed by atoms with E-state index in [2.05, 4.69) is 34.6 Å². The van der Waals surface area contributed by atoms with Crippen LogP contribution in [-0.2, 0) is 0 Å². The van der Waals surface area contributed by atoms with Crippen LogP contribution in [0, 0.1) is 0 Å². The van der Waals surface area contributed by atoms with E-state index in [0.29, 0.717) is 5.69 Å². The van der Waals surface area contributed by atoms with Crippen molar-refractivity contribution in [1.29, 1.82) is 0 Å². The Morgan fingerprint density at radius 2 is 1.38 bits per heavy atom. The second kappa shape index (κ2) is 6.09. The largest absolute Gasteiger partial charge is 0.397 e. The third-order valence-electron chi connectivity index (χ3n) is 3.34. The van der Waals surface area contributed by atoms with Gasteiger partial charge in [0.15, 0.2) is 0 Å². The average Bonchev–Trinajstić information content (AvgIpc) is 2.54. The molecule has 3 nitrogen and oxygen atoms in total. The highest BCUT2D eigenvalue weighted by atomic mass is 14.9. The van der Waals surface area contributed by atoms with Gasteiger partial charge >= 0.3 is 0 Å². The number of aromatic nitrogens is 1. The molecule has 3 aromatic rings. The molecule has 0 aliphatic carbocycles. The smallest absolute Gasteiger partial charge is 0.0768 e. The van der Waals surface area contributed by atoms with Crippen LogP contribution in [0.1, 0.15) is 17.2 Å². The van der Waals surface area contributed by atoms with Crippen molar-refractivity contribution in [3.8, 4) is 0 Å². The minimum absolute atomic E-state index is 0.0657. The van der Waals surface area contributed by atoms with E-state index >= 15 is 0 Å². The zero-order valence-electron chi connectivity index (χ0n) is 11.6. The first-order valence-electron chi connectivity index (χ1n) is 6.90. The molecule has 3 heteroatoms. The lowest BCUT2D eigenvalue weighted by Crippen LogP contribution is -2.12. The van der Waals surface area contributed by atoms with Gasteiger partial charge in [0, 0.05) is 6.20 Å². The number of nitrogens with one attached hydrogen (secondary N) is 1. The van der Waals surface area contributed by atoms with Gasteiger partial charge in [0.05, 0.1) is 23.6 Å². The van der Waals surface area contributed by atoms with Crippen LogP contribution < -0.4 is 11.1 Å². The van der Waals surface area contributed by atoms with Crippen molar-refractivity contribution in [1.82, 2.24) is 4.98 Å². The molecule has 0 radical (unpaired) electrons. The molecule has 0 fully saturated rings. The molecule has 104 valence electrons. The molecule has 21 heavy (non-hydrogen) atoms. The van der Waals surface area contributed by atoms with Crippen LogP contribution in [0.15, 0.2) is 79.1 Å².